The highest BCUT2D eigenvalue weighted by molar-refractivity contribution is 7.89. The van der Waals surface area contributed by atoms with Gasteiger partial charge < -0.3 is 15.1 Å². The van der Waals surface area contributed by atoms with Gasteiger partial charge in [-0.3, -0.25) is 0 Å². The molecule has 9 heteroatoms. The van der Waals surface area contributed by atoms with Gasteiger partial charge in [0.25, 0.3) is 0 Å². The van der Waals surface area contributed by atoms with Crippen LogP contribution in [-0.2, 0) is 16.6 Å². The second-order valence-electron chi connectivity index (χ2n) is 6.92. The highest BCUT2D eigenvalue weighted by atomic mass is 32.2. The van der Waals surface area contributed by atoms with Crippen LogP contribution in [0.2, 0.25) is 0 Å². The summed E-state index contributed by atoms with van der Waals surface area (Å²) in [6.45, 7) is 5.91. The van der Waals surface area contributed by atoms with Gasteiger partial charge in [-0.2, -0.15) is 0 Å². The Labute approximate surface area is 172 Å². The molecule has 1 aliphatic heterocycles. The van der Waals surface area contributed by atoms with Gasteiger partial charge in [-0.15, -0.1) is 0 Å². The number of benzene rings is 1. The third-order valence-electron chi connectivity index (χ3n) is 4.87. The fourth-order valence-electron chi connectivity index (χ4n) is 3.23. The molecule has 1 aromatic heterocycles. The predicted molar refractivity (Wildman–Crippen MR) is 114 cm³/mol. The highest BCUT2D eigenvalue weighted by Gasteiger charge is 2.27. The molecule has 0 aliphatic carbocycles. The SMILES string of the molecule is CCNC(=NCc1coc(-c2ccccc2)n1)NC1CCN(S(=O)(=O)CC)CC1. The van der Waals surface area contributed by atoms with Crippen LogP contribution in [0.3, 0.4) is 0 Å². The minimum Gasteiger partial charge on any atom is -0.444 e. The first-order valence-corrected chi connectivity index (χ1v) is 11.6. The molecule has 158 valence electrons. The van der Waals surface area contributed by atoms with E-state index in [1.807, 2.05) is 37.3 Å². The molecule has 0 spiro atoms. The molecule has 1 saturated heterocycles. The number of hydrogen-bond donors (Lipinski definition) is 2. The maximum atomic E-state index is 12.0. The summed E-state index contributed by atoms with van der Waals surface area (Å²) in [4.78, 5) is 9.11. The zero-order valence-corrected chi connectivity index (χ0v) is 17.8. The van der Waals surface area contributed by atoms with Crippen molar-refractivity contribution in [3.05, 3.63) is 42.3 Å². The van der Waals surface area contributed by atoms with E-state index in [2.05, 4.69) is 20.6 Å². The highest BCUT2D eigenvalue weighted by Crippen LogP contribution is 2.18. The summed E-state index contributed by atoms with van der Waals surface area (Å²) in [6, 6.07) is 9.94. The lowest BCUT2D eigenvalue weighted by Gasteiger charge is -2.32. The van der Waals surface area contributed by atoms with Gasteiger partial charge in [-0.05, 0) is 38.8 Å². The van der Waals surface area contributed by atoms with Gasteiger partial charge >= 0.3 is 0 Å². The molecule has 8 nitrogen and oxygen atoms in total. The van der Waals surface area contributed by atoms with E-state index >= 15 is 0 Å². The van der Waals surface area contributed by atoms with Crippen LogP contribution in [0.25, 0.3) is 11.5 Å². The molecular weight excluding hydrogens is 390 g/mol. The van der Waals surface area contributed by atoms with Crippen molar-refractivity contribution in [3.8, 4) is 11.5 Å². The minimum atomic E-state index is -3.11. The van der Waals surface area contributed by atoms with Crippen molar-refractivity contribution in [2.45, 2.75) is 39.3 Å². The van der Waals surface area contributed by atoms with Crippen molar-refractivity contribution >= 4 is 16.0 Å². The Balaban J connectivity index is 1.58. The number of hydrogen-bond acceptors (Lipinski definition) is 5. The maximum absolute atomic E-state index is 12.0. The molecule has 0 atom stereocenters. The second-order valence-corrected chi connectivity index (χ2v) is 9.18. The largest absolute Gasteiger partial charge is 0.444 e. The van der Waals surface area contributed by atoms with Crippen LogP contribution in [0.1, 0.15) is 32.4 Å². The van der Waals surface area contributed by atoms with Crippen molar-refractivity contribution in [1.82, 2.24) is 19.9 Å². The molecule has 0 bridgehead atoms. The normalized spacial score (nSPS) is 16.7. The van der Waals surface area contributed by atoms with Crippen LogP contribution in [0.5, 0.6) is 0 Å². The van der Waals surface area contributed by atoms with Crippen LogP contribution in [0, 0.1) is 0 Å². The molecule has 0 radical (unpaired) electrons. The Kier molecular flexibility index (Phi) is 7.27. The molecule has 0 unspecified atom stereocenters. The molecule has 2 N–H and O–H groups in total. The molecule has 3 rings (SSSR count). The van der Waals surface area contributed by atoms with E-state index in [9.17, 15) is 8.42 Å². The van der Waals surface area contributed by atoms with Crippen LogP contribution < -0.4 is 10.6 Å². The summed E-state index contributed by atoms with van der Waals surface area (Å²) in [6.07, 6.45) is 3.14. The lowest BCUT2D eigenvalue weighted by Crippen LogP contribution is -2.50. The van der Waals surface area contributed by atoms with Crippen molar-refractivity contribution in [1.29, 1.82) is 0 Å². The van der Waals surface area contributed by atoms with Crippen molar-refractivity contribution < 1.29 is 12.8 Å². The zero-order chi connectivity index (χ0) is 20.7. The average Bonchev–Trinajstić information content (AvgIpc) is 3.22. The van der Waals surface area contributed by atoms with E-state index < -0.39 is 10.0 Å². The number of sulfonamides is 1. The number of aromatic nitrogens is 1. The van der Waals surface area contributed by atoms with Gasteiger partial charge in [0.2, 0.25) is 15.9 Å². The summed E-state index contributed by atoms with van der Waals surface area (Å²) >= 11 is 0. The number of rotatable bonds is 7. The van der Waals surface area contributed by atoms with Crippen LogP contribution in [0.15, 0.2) is 46.0 Å². The fourth-order valence-corrected chi connectivity index (χ4v) is 4.36. The van der Waals surface area contributed by atoms with Gasteiger partial charge in [-0.1, -0.05) is 18.2 Å². The molecule has 29 heavy (non-hydrogen) atoms. The number of nitrogens with zero attached hydrogens (tertiary/aromatic N) is 3. The number of guanidine groups is 1. The quantitative estimate of drug-likeness (QED) is 0.527. The maximum Gasteiger partial charge on any atom is 0.226 e. The first-order chi connectivity index (χ1) is 14.0. The molecule has 0 saturated carbocycles. The molecular formula is C20H29N5O3S. The van der Waals surface area contributed by atoms with Crippen molar-refractivity contribution in [2.24, 2.45) is 4.99 Å². The molecule has 0 amide bonds. The summed E-state index contributed by atoms with van der Waals surface area (Å²) in [5, 5.41) is 6.65. The molecule has 1 aliphatic rings. The Bertz CT molecular complexity index is 903. The molecule has 1 aromatic carbocycles. The third-order valence-corrected chi connectivity index (χ3v) is 6.75. The van der Waals surface area contributed by atoms with Gasteiger partial charge in [0.05, 0.1) is 12.3 Å². The van der Waals surface area contributed by atoms with Gasteiger partial charge in [0.1, 0.15) is 12.0 Å². The number of aliphatic imine (C=N–C) groups is 1. The third kappa shape index (κ3) is 5.80. The first kappa shape index (κ1) is 21.3. The summed E-state index contributed by atoms with van der Waals surface area (Å²) in [5.41, 5.74) is 1.69. The molecule has 2 heterocycles. The summed E-state index contributed by atoms with van der Waals surface area (Å²) in [7, 11) is -3.11. The Morgan fingerprint density at radius 3 is 2.62 bits per heavy atom. The lowest BCUT2D eigenvalue weighted by atomic mass is 10.1. The van der Waals surface area contributed by atoms with Crippen LogP contribution in [-0.4, -0.2) is 55.1 Å². The Morgan fingerprint density at radius 1 is 1.24 bits per heavy atom. The minimum absolute atomic E-state index is 0.151. The predicted octanol–water partition coefficient (Wildman–Crippen LogP) is 2.21. The number of nitrogens with one attached hydrogen (secondary N) is 2. The van der Waals surface area contributed by atoms with Crippen molar-refractivity contribution in [3.63, 3.8) is 0 Å². The topological polar surface area (TPSA) is 99.8 Å². The van der Waals surface area contributed by atoms with Crippen LogP contribution in [0.4, 0.5) is 0 Å². The van der Waals surface area contributed by atoms with E-state index in [-0.39, 0.29) is 11.8 Å². The molecule has 2 aromatic rings. The van der Waals surface area contributed by atoms with Gasteiger partial charge in [-0.25, -0.2) is 22.7 Å². The van der Waals surface area contributed by atoms with Crippen LogP contribution >= 0.6 is 0 Å². The summed E-state index contributed by atoms with van der Waals surface area (Å²) < 4.78 is 31.1. The Hall–Kier alpha value is -2.39. The van der Waals surface area contributed by atoms with E-state index in [0.717, 1.165) is 30.6 Å². The van der Waals surface area contributed by atoms with Gasteiger partial charge in [0, 0.05) is 31.2 Å². The van der Waals surface area contributed by atoms with E-state index in [1.165, 1.54) is 0 Å². The number of oxazole rings is 1. The molecule has 1 fully saturated rings. The monoisotopic (exact) mass is 419 g/mol. The van der Waals surface area contributed by atoms with E-state index in [1.54, 1.807) is 17.5 Å². The first-order valence-electron chi connectivity index (χ1n) is 10.0. The zero-order valence-electron chi connectivity index (χ0n) is 17.0. The van der Waals surface area contributed by atoms with E-state index in [4.69, 9.17) is 4.42 Å². The van der Waals surface area contributed by atoms with Gasteiger partial charge in [0.15, 0.2) is 5.96 Å². The Morgan fingerprint density at radius 2 is 1.97 bits per heavy atom. The fraction of sp³-hybridized carbons (Fsp3) is 0.500. The van der Waals surface area contributed by atoms with Crippen molar-refractivity contribution in [2.75, 3.05) is 25.4 Å². The summed E-state index contributed by atoms with van der Waals surface area (Å²) in [5.74, 6) is 1.43. The smallest absolute Gasteiger partial charge is 0.226 e. The average molecular weight is 420 g/mol. The second kappa shape index (κ2) is 9.89. The lowest BCUT2D eigenvalue weighted by molar-refractivity contribution is 0.306. The van der Waals surface area contributed by atoms with E-state index in [0.29, 0.717) is 31.5 Å². The standard InChI is InChI=1S/C20H29N5O3S/c1-3-21-20(24-17-10-12-25(13-11-17)29(26,27)4-2)22-14-18-15-28-19(23-18)16-8-6-5-7-9-16/h5-9,15,17H,3-4,10-14H2,1-2H3,(H2,21,22,24). The number of piperidine rings is 1.